The van der Waals surface area contributed by atoms with Crippen molar-refractivity contribution < 1.29 is 4.74 Å². The molecule has 0 fully saturated rings. The number of nitrogens with one attached hydrogen (secondary N) is 1. The zero-order chi connectivity index (χ0) is 14.6. The number of hydrogen-bond acceptors (Lipinski definition) is 3. The minimum Gasteiger partial charge on any atom is -0.494 e. The van der Waals surface area contributed by atoms with Gasteiger partial charge in [0.15, 0.2) is 0 Å². The highest BCUT2D eigenvalue weighted by Crippen LogP contribution is 2.17. The highest BCUT2D eigenvalue weighted by atomic mass is 32.2. The summed E-state index contributed by atoms with van der Waals surface area (Å²) in [7, 11) is 0. The lowest BCUT2D eigenvalue weighted by Crippen LogP contribution is -2.19. The van der Waals surface area contributed by atoms with Gasteiger partial charge in [-0.15, -0.1) is 0 Å². The molecule has 0 radical (unpaired) electrons. The van der Waals surface area contributed by atoms with Gasteiger partial charge in [-0.05, 0) is 62.9 Å². The molecule has 2 nitrogen and oxygen atoms in total. The predicted molar refractivity (Wildman–Crippen MR) is 90.9 cm³/mol. The molecule has 1 rings (SSSR count). The Kier molecular flexibility index (Phi) is 9.60. The van der Waals surface area contributed by atoms with E-state index in [1.54, 1.807) is 0 Å². The molecule has 3 heteroatoms. The molecule has 0 amide bonds. The largest absolute Gasteiger partial charge is 0.494 e. The number of benzene rings is 1. The van der Waals surface area contributed by atoms with Crippen LogP contribution in [0.4, 0.5) is 0 Å². The van der Waals surface area contributed by atoms with E-state index in [-0.39, 0.29) is 0 Å². The summed E-state index contributed by atoms with van der Waals surface area (Å²) in [6.07, 6.45) is 7.51. The highest BCUT2D eigenvalue weighted by Gasteiger charge is 2.04. The van der Waals surface area contributed by atoms with Crippen molar-refractivity contribution >= 4 is 11.8 Å². The predicted octanol–water partition coefficient (Wildman–Crippen LogP) is 4.66. The molecular weight excluding hydrogens is 266 g/mol. The smallest absolute Gasteiger partial charge is 0.119 e. The molecule has 0 saturated heterocycles. The van der Waals surface area contributed by atoms with Crippen molar-refractivity contribution in [2.75, 3.05) is 25.2 Å². The maximum Gasteiger partial charge on any atom is 0.119 e. The number of thioether (sulfide) groups is 1. The summed E-state index contributed by atoms with van der Waals surface area (Å²) in [6.45, 7) is 6.07. The summed E-state index contributed by atoms with van der Waals surface area (Å²) < 4.78 is 5.46. The molecule has 114 valence electrons. The van der Waals surface area contributed by atoms with E-state index < -0.39 is 0 Å². The minimum absolute atomic E-state index is 0.414. The Bertz CT molecular complexity index is 339. The van der Waals surface area contributed by atoms with E-state index in [0.717, 1.165) is 18.9 Å². The first-order valence-electron chi connectivity index (χ1n) is 7.73. The van der Waals surface area contributed by atoms with Gasteiger partial charge in [-0.1, -0.05) is 25.0 Å². The van der Waals surface area contributed by atoms with Crippen LogP contribution in [0, 0.1) is 0 Å². The molecule has 1 aromatic carbocycles. The van der Waals surface area contributed by atoms with Crippen LogP contribution in [0.5, 0.6) is 5.75 Å². The van der Waals surface area contributed by atoms with Gasteiger partial charge < -0.3 is 10.1 Å². The zero-order valence-corrected chi connectivity index (χ0v) is 14.0. The highest BCUT2D eigenvalue weighted by molar-refractivity contribution is 7.98. The van der Waals surface area contributed by atoms with Gasteiger partial charge in [0.05, 0.1) is 6.61 Å². The Morgan fingerprint density at radius 3 is 2.45 bits per heavy atom. The van der Waals surface area contributed by atoms with Crippen molar-refractivity contribution in [1.29, 1.82) is 0 Å². The van der Waals surface area contributed by atoms with Gasteiger partial charge in [0.1, 0.15) is 5.75 Å². The first kappa shape index (κ1) is 17.4. The molecule has 0 aliphatic rings. The van der Waals surface area contributed by atoms with Crippen LogP contribution in [0.1, 0.15) is 51.1 Å². The maximum atomic E-state index is 5.46. The lowest BCUT2D eigenvalue weighted by Gasteiger charge is -2.14. The van der Waals surface area contributed by atoms with Crippen molar-refractivity contribution in [2.45, 2.75) is 45.6 Å². The lowest BCUT2D eigenvalue weighted by molar-refractivity contribution is 0.340. The molecular formula is C17H29NOS. The van der Waals surface area contributed by atoms with Crippen LogP contribution in [-0.4, -0.2) is 25.2 Å². The first-order valence-corrected chi connectivity index (χ1v) is 9.12. The monoisotopic (exact) mass is 295 g/mol. The van der Waals surface area contributed by atoms with Gasteiger partial charge in [-0.25, -0.2) is 0 Å². The standard InChI is InChI=1S/C17H29NOS/c1-4-19-17-11-9-16(10-12-17)15(2)18-13-7-5-6-8-14-20-3/h9-12,15,18H,4-8,13-14H2,1-3H3. The molecule has 0 spiro atoms. The molecule has 1 aromatic rings. The van der Waals surface area contributed by atoms with E-state index in [1.165, 1.54) is 37.0 Å². The fourth-order valence-electron chi connectivity index (χ4n) is 2.18. The van der Waals surface area contributed by atoms with E-state index in [4.69, 9.17) is 4.74 Å². The van der Waals surface area contributed by atoms with Crippen LogP contribution in [0.25, 0.3) is 0 Å². The average Bonchev–Trinajstić information content (AvgIpc) is 2.47. The molecule has 1 N–H and O–H groups in total. The van der Waals surface area contributed by atoms with Crippen LogP contribution in [0.3, 0.4) is 0 Å². The second-order valence-corrected chi connectivity index (χ2v) is 6.07. The van der Waals surface area contributed by atoms with Crippen LogP contribution < -0.4 is 10.1 Å². The Labute approximate surface area is 128 Å². The summed E-state index contributed by atoms with van der Waals surface area (Å²) in [4.78, 5) is 0. The van der Waals surface area contributed by atoms with E-state index in [2.05, 4.69) is 42.8 Å². The third-order valence-electron chi connectivity index (χ3n) is 3.42. The number of unbranched alkanes of at least 4 members (excludes halogenated alkanes) is 3. The fraction of sp³-hybridized carbons (Fsp3) is 0.647. The van der Waals surface area contributed by atoms with Crippen molar-refractivity contribution in [2.24, 2.45) is 0 Å². The molecule has 0 saturated carbocycles. The molecule has 0 bridgehead atoms. The third kappa shape index (κ3) is 7.20. The van der Waals surface area contributed by atoms with Gasteiger partial charge in [-0.3, -0.25) is 0 Å². The summed E-state index contributed by atoms with van der Waals surface area (Å²) >= 11 is 1.95. The van der Waals surface area contributed by atoms with Gasteiger partial charge >= 0.3 is 0 Å². The van der Waals surface area contributed by atoms with Gasteiger partial charge in [-0.2, -0.15) is 11.8 Å². The normalized spacial score (nSPS) is 12.3. The SMILES string of the molecule is CCOc1ccc(C(C)NCCCCCCSC)cc1. The molecule has 1 atom stereocenters. The summed E-state index contributed by atoms with van der Waals surface area (Å²) in [6, 6.07) is 8.83. The van der Waals surface area contributed by atoms with Gasteiger partial charge in [0.2, 0.25) is 0 Å². The van der Waals surface area contributed by atoms with Gasteiger partial charge in [0.25, 0.3) is 0 Å². The topological polar surface area (TPSA) is 21.3 Å². The Balaban J connectivity index is 2.17. The molecule has 0 aliphatic carbocycles. The molecule has 20 heavy (non-hydrogen) atoms. The molecule has 0 aliphatic heterocycles. The Hall–Kier alpha value is -0.670. The van der Waals surface area contributed by atoms with Crippen LogP contribution in [0.2, 0.25) is 0 Å². The fourth-order valence-corrected chi connectivity index (χ4v) is 2.67. The first-order chi connectivity index (χ1) is 9.77. The van der Waals surface area contributed by atoms with Crippen LogP contribution >= 0.6 is 11.8 Å². The molecule has 1 unspecified atom stereocenters. The van der Waals surface area contributed by atoms with E-state index >= 15 is 0 Å². The second kappa shape index (κ2) is 11.0. The number of rotatable bonds is 11. The zero-order valence-electron chi connectivity index (χ0n) is 13.2. The molecule has 0 heterocycles. The van der Waals surface area contributed by atoms with Crippen LogP contribution in [0.15, 0.2) is 24.3 Å². The third-order valence-corrected chi connectivity index (χ3v) is 4.11. The van der Waals surface area contributed by atoms with E-state index in [0.29, 0.717) is 6.04 Å². The Morgan fingerprint density at radius 1 is 1.10 bits per heavy atom. The summed E-state index contributed by atoms with van der Waals surface area (Å²) in [5.74, 6) is 2.26. The average molecular weight is 295 g/mol. The number of hydrogen-bond donors (Lipinski definition) is 1. The van der Waals surface area contributed by atoms with Gasteiger partial charge in [0, 0.05) is 6.04 Å². The lowest BCUT2D eigenvalue weighted by atomic mass is 10.1. The van der Waals surface area contributed by atoms with Crippen molar-refractivity contribution in [3.8, 4) is 5.75 Å². The summed E-state index contributed by atoms with van der Waals surface area (Å²) in [5, 5.41) is 3.60. The second-order valence-electron chi connectivity index (χ2n) is 5.08. The number of ether oxygens (including phenoxy) is 1. The van der Waals surface area contributed by atoms with Crippen molar-refractivity contribution in [3.05, 3.63) is 29.8 Å². The van der Waals surface area contributed by atoms with Crippen LogP contribution in [-0.2, 0) is 0 Å². The minimum atomic E-state index is 0.414. The maximum absolute atomic E-state index is 5.46. The van der Waals surface area contributed by atoms with E-state index in [1.807, 2.05) is 18.7 Å². The van der Waals surface area contributed by atoms with Crippen molar-refractivity contribution in [3.63, 3.8) is 0 Å². The molecule has 0 aromatic heterocycles. The quantitative estimate of drug-likeness (QED) is 0.600. The van der Waals surface area contributed by atoms with Crippen molar-refractivity contribution in [1.82, 2.24) is 5.32 Å². The summed E-state index contributed by atoms with van der Waals surface area (Å²) in [5.41, 5.74) is 1.33. The van der Waals surface area contributed by atoms with E-state index in [9.17, 15) is 0 Å². The Morgan fingerprint density at radius 2 is 1.80 bits per heavy atom.